The standard InChI is InChI=1S/C20H25NO6/c1-4-6-13-10-18(22)27-17-11-14(8-9-15(13)17)26-12(3)19(23)21-16(7-5-2)20(24)25/h8-12,16H,4-7H2,1-3H3,(H,21,23)(H,24,25)/p-1/t12-,16-/m0/s1. The average molecular weight is 374 g/mol. The summed E-state index contributed by atoms with van der Waals surface area (Å²) in [5.41, 5.74) is 0.845. The topological polar surface area (TPSA) is 109 Å². The molecule has 0 fully saturated rings. The fraction of sp³-hybridized carbons (Fsp3) is 0.450. The highest BCUT2D eigenvalue weighted by Gasteiger charge is 2.20. The summed E-state index contributed by atoms with van der Waals surface area (Å²) in [4.78, 5) is 35.0. The minimum absolute atomic E-state index is 0.280. The zero-order valence-corrected chi connectivity index (χ0v) is 15.7. The van der Waals surface area contributed by atoms with Gasteiger partial charge in [-0.25, -0.2) is 4.79 Å². The summed E-state index contributed by atoms with van der Waals surface area (Å²) < 4.78 is 10.8. The number of carboxylic acid groups (broad SMARTS) is 1. The number of aryl methyl sites for hydroxylation is 1. The number of nitrogens with one attached hydrogen (secondary N) is 1. The number of fused-ring (bicyclic) bond motifs is 1. The van der Waals surface area contributed by atoms with E-state index in [2.05, 4.69) is 5.32 Å². The minimum Gasteiger partial charge on any atom is -0.548 e. The van der Waals surface area contributed by atoms with Crippen molar-refractivity contribution in [1.82, 2.24) is 5.32 Å². The van der Waals surface area contributed by atoms with Crippen LogP contribution in [-0.4, -0.2) is 24.0 Å². The summed E-state index contributed by atoms with van der Waals surface area (Å²) in [5.74, 6) is -1.53. The second kappa shape index (κ2) is 9.21. The maximum Gasteiger partial charge on any atom is 0.336 e. The smallest absolute Gasteiger partial charge is 0.336 e. The molecule has 1 amide bonds. The molecule has 0 aliphatic rings. The number of carboxylic acids is 1. The van der Waals surface area contributed by atoms with Crippen molar-refractivity contribution < 1.29 is 23.8 Å². The van der Waals surface area contributed by atoms with Gasteiger partial charge in [-0.15, -0.1) is 0 Å². The molecule has 0 radical (unpaired) electrons. The Hall–Kier alpha value is -2.83. The van der Waals surface area contributed by atoms with Crippen molar-refractivity contribution in [1.29, 1.82) is 0 Å². The molecular formula is C20H24NO6-. The van der Waals surface area contributed by atoms with Gasteiger partial charge in [0, 0.05) is 17.5 Å². The number of amides is 1. The van der Waals surface area contributed by atoms with E-state index in [-0.39, 0.29) is 6.42 Å². The number of aliphatic carboxylic acids is 1. The monoisotopic (exact) mass is 374 g/mol. The zero-order chi connectivity index (χ0) is 20.0. The summed E-state index contributed by atoms with van der Waals surface area (Å²) >= 11 is 0. The molecule has 27 heavy (non-hydrogen) atoms. The van der Waals surface area contributed by atoms with Crippen molar-refractivity contribution in [2.45, 2.75) is 58.6 Å². The van der Waals surface area contributed by atoms with Crippen LogP contribution in [-0.2, 0) is 16.0 Å². The number of benzene rings is 1. The fourth-order valence-corrected chi connectivity index (χ4v) is 2.84. The summed E-state index contributed by atoms with van der Waals surface area (Å²) in [5, 5.41) is 14.3. The highest BCUT2D eigenvalue weighted by atomic mass is 16.5. The average Bonchev–Trinajstić information content (AvgIpc) is 2.60. The third kappa shape index (κ3) is 5.32. The van der Waals surface area contributed by atoms with Crippen LogP contribution in [0.4, 0.5) is 0 Å². The van der Waals surface area contributed by atoms with E-state index in [1.54, 1.807) is 18.2 Å². The van der Waals surface area contributed by atoms with Crippen LogP contribution < -0.4 is 20.8 Å². The van der Waals surface area contributed by atoms with E-state index >= 15 is 0 Å². The van der Waals surface area contributed by atoms with Crippen molar-refractivity contribution in [2.24, 2.45) is 0 Å². The second-order valence-electron chi connectivity index (χ2n) is 6.43. The Morgan fingerprint density at radius 2 is 1.96 bits per heavy atom. The summed E-state index contributed by atoms with van der Waals surface area (Å²) in [6.07, 6.45) is 1.60. The number of carbonyl (C=O) groups is 2. The molecule has 146 valence electrons. The van der Waals surface area contributed by atoms with Crippen molar-refractivity contribution in [3.8, 4) is 5.75 Å². The van der Waals surface area contributed by atoms with E-state index in [1.807, 2.05) is 13.8 Å². The first kappa shape index (κ1) is 20.5. The molecule has 0 aliphatic heterocycles. The molecular weight excluding hydrogens is 350 g/mol. The van der Waals surface area contributed by atoms with Crippen LogP contribution in [0.5, 0.6) is 5.75 Å². The lowest BCUT2D eigenvalue weighted by atomic mass is 10.1. The van der Waals surface area contributed by atoms with E-state index in [1.165, 1.54) is 13.0 Å². The Balaban J connectivity index is 2.16. The third-order valence-electron chi connectivity index (χ3n) is 4.18. The molecule has 2 rings (SSSR count). The molecule has 0 spiro atoms. The molecule has 0 unspecified atom stereocenters. The van der Waals surface area contributed by atoms with E-state index in [4.69, 9.17) is 9.15 Å². The predicted molar refractivity (Wildman–Crippen MR) is 98.4 cm³/mol. The van der Waals surface area contributed by atoms with Gasteiger partial charge in [0.2, 0.25) is 0 Å². The molecule has 0 aliphatic carbocycles. The Labute approximate surface area is 157 Å². The predicted octanol–water partition coefficient (Wildman–Crippen LogP) is 1.55. The van der Waals surface area contributed by atoms with Gasteiger partial charge in [0.25, 0.3) is 5.91 Å². The fourth-order valence-electron chi connectivity index (χ4n) is 2.84. The Kier molecular flexibility index (Phi) is 6.98. The van der Waals surface area contributed by atoms with Crippen molar-refractivity contribution >= 4 is 22.8 Å². The van der Waals surface area contributed by atoms with Crippen LogP contribution in [0, 0.1) is 0 Å². The van der Waals surface area contributed by atoms with Gasteiger partial charge in [-0.2, -0.15) is 0 Å². The number of hydrogen-bond acceptors (Lipinski definition) is 6. The number of hydrogen-bond donors (Lipinski definition) is 1. The molecule has 1 aromatic heterocycles. The SMILES string of the molecule is CCCc1cc(=O)oc2cc(O[C@@H](C)C(=O)N[C@@H](CCC)C(=O)[O-])ccc12. The summed E-state index contributed by atoms with van der Waals surface area (Å²) in [6.45, 7) is 5.36. The van der Waals surface area contributed by atoms with Crippen molar-refractivity contribution in [3.05, 3.63) is 40.2 Å². The molecule has 1 N–H and O–H groups in total. The van der Waals surface area contributed by atoms with Crippen LogP contribution >= 0.6 is 0 Å². The zero-order valence-electron chi connectivity index (χ0n) is 15.7. The number of carbonyl (C=O) groups excluding carboxylic acids is 2. The Morgan fingerprint density at radius 3 is 2.59 bits per heavy atom. The van der Waals surface area contributed by atoms with Gasteiger partial charge in [-0.05, 0) is 37.5 Å². The summed E-state index contributed by atoms with van der Waals surface area (Å²) in [6, 6.07) is 5.45. The van der Waals surface area contributed by atoms with Gasteiger partial charge in [-0.3, -0.25) is 4.79 Å². The van der Waals surface area contributed by atoms with Crippen molar-refractivity contribution in [3.63, 3.8) is 0 Å². The van der Waals surface area contributed by atoms with Gasteiger partial charge in [0.1, 0.15) is 11.3 Å². The molecule has 0 bridgehead atoms. The van der Waals surface area contributed by atoms with Crippen LogP contribution in [0.3, 0.4) is 0 Å². The van der Waals surface area contributed by atoms with Gasteiger partial charge >= 0.3 is 5.63 Å². The molecule has 2 atom stereocenters. The third-order valence-corrected chi connectivity index (χ3v) is 4.18. The minimum atomic E-state index is -1.33. The highest BCUT2D eigenvalue weighted by molar-refractivity contribution is 5.86. The first-order valence-electron chi connectivity index (χ1n) is 9.10. The van der Waals surface area contributed by atoms with E-state index in [0.717, 1.165) is 23.8 Å². The molecule has 0 saturated heterocycles. The molecule has 1 aromatic carbocycles. The van der Waals surface area contributed by atoms with E-state index in [0.29, 0.717) is 17.8 Å². The van der Waals surface area contributed by atoms with E-state index < -0.39 is 29.6 Å². The first-order chi connectivity index (χ1) is 12.8. The maximum absolute atomic E-state index is 12.2. The van der Waals surface area contributed by atoms with E-state index in [9.17, 15) is 19.5 Å². The van der Waals surface area contributed by atoms with Gasteiger partial charge < -0.3 is 24.4 Å². The van der Waals surface area contributed by atoms with Crippen LogP contribution in [0.25, 0.3) is 11.0 Å². The Morgan fingerprint density at radius 1 is 1.22 bits per heavy atom. The van der Waals surface area contributed by atoms with Gasteiger partial charge in [0.15, 0.2) is 6.10 Å². The molecule has 7 heteroatoms. The molecule has 7 nitrogen and oxygen atoms in total. The van der Waals surface area contributed by atoms with Crippen LogP contribution in [0.15, 0.2) is 33.5 Å². The lowest BCUT2D eigenvalue weighted by Crippen LogP contribution is -2.51. The Bertz CT molecular complexity index is 872. The quantitative estimate of drug-likeness (QED) is 0.667. The van der Waals surface area contributed by atoms with Crippen molar-refractivity contribution in [2.75, 3.05) is 0 Å². The van der Waals surface area contributed by atoms with Crippen LogP contribution in [0.1, 0.15) is 45.6 Å². The number of rotatable bonds is 9. The molecule has 2 aromatic rings. The largest absolute Gasteiger partial charge is 0.548 e. The first-order valence-corrected chi connectivity index (χ1v) is 9.10. The van der Waals surface area contributed by atoms with Gasteiger partial charge in [-0.1, -0.05) is 26.7 Å². The lowest BCUT2D eigenvalue weighted by molar-refractivity contribution is -0.308. The molecule has 1 heterocycles. The second-order valence-corrected chi connectivity index (χ2v) is 6.43. The lowest BCUT2D eigenvalue weighted by Gasteiger charge is -2.22. The molecule has 0 saturated carbocycles. The summed E-state index contributed by atoms with van der Waals surface area (Å²) in [7, 11) is 0. The van der Waals surface area contributed by atoms with Crippen LogP contribution in [0.2, 0.25) is 0 Å². The highest BCUT2D eigenvalue weighted by Crippen LogP contribution is 2.24. The number of ether oxygens (including phenoxy) is 1. The maximum atomic E-state index is 12.2. The normalized spacial score (nSPS) is 13.1. The van der Waals surface area contributed by atoms with Gasteiger partial charge in [0.05, 0.1) is 12.0 Å².